The van der Waals surface area contributed by atoms with Crippen molar-refractivity contribution in [2.75, 3.05) is 11.1 Å². The van der Waals surface area contributed by atoms with Gasteiger partial charge in [0.15, 0.2) is 11.0 Å². The minimum atomic E-state index is -0.396. The Morgan fingerprint density at radius 3 is 2.66 bits per heavy atom. The minimum absolute atomic E-state index is 0.114. The van der Waals surface area contributed by atoms with E-state index in [9.17, 15) is 9.59 Å². The van der Waals surface area contributed by atoms with Gasteiger partial charge >= 0.3 is 10.8 Å². The number of nitrogens with one attached hydrogen (secondary N) is 2. The number of hydrogen-bond donors (Lipinski definition) is 2. The number of nitrogens with zero attached hydrogens (tertiary/aromatic N) is 1. The Kier molecular flexibility index (Phi) is 5.47. The first-order valence-corrected chi connectivity index (χ1v) is 11.2. The van der Waals surface area contributed by atoms with Crippen LogP contribution in [0.5, 0.6) is 0 Å². The van der Waals surface area contributed by atoms with Crippen LogP contribution in [0.3, 0.4) is 0 Å². The molecule has 32 heavy (non-hydrogen) atoms. The second kappa shape index (κ2) is 8.72. The van der Waals surface area contributed by atoms with Crippen molar-refractivity contribution in [3.05, 3.63) is 101 Å². The van der Waals surface area contributed by atoms with E-state index in [1.54, 1.807) is 24.3 Å². The number of carbonyl (C=O) groups is 1. The van der Waals surface area contributed by atoms with Gasteiger partial charge in [-0.1, -0.05) is 42.5 Å². The maximum absolute atomic E-state index is 12.6. The van der Waals surface area contributed by atoms with Crippen molar-refractivity contribution in [1.82, 2.24) is 4.98 Å². The lowest BCUT2D eigenvalue weighted by atomic mass is 10.2. The number of para-hydroxylation sites is 2. The first-order chi connectivity index (χ1) is 15.7. The monoisotopic (exact) mass is 442 g/mol. The number of hydrogen-bond acceptors (Lipinski definition) is 4. The summed E-state index contributed by atoms with van der Waals surface area (Å²) in [6.45, 7) is 0.713. The Balaban J connectivity index is 1.33. The first-order valence-electron chi connectivity index (χ1n) is 10.2. The van der Waals surface area contributed by atoms with Gasteiger partial charge in [-0.3, -0.25) is 4.79 Å². The summed E-state index contributed by atoms with van der Waals surface area (Å²) in [5.41, 5.74) is 4.07. The summed E-state index contributed by atoms with van der Waals surface area (Å²) in [6, 6.07) is 26.6. The summed E-state index contributed by atoms with van der Waals surface area (Å²) in [5.74, 6) is 0.139. The fourth-order valence-corrected chi connectivity index (χ4v) is 4.47. The van der Waals surface area contributed by atoms with Crippen LogP contribution in [-0.4, -0.2) is 16.6 Å². The standard InChI is InChI=1S/C25H19N3O3S/c29-23(26-19-11-12-22-18(14-19)10-13-24(30)31-22)16-32-25-27-20-8-4-5-9-21(20)28(25)15-17-6-2-1-3-7-17/h1-14H,15-16H2,(H,26,29)/p+1. The van der Waals surface area contributed by atoms with Crippen molar-refractivity contribution in [1.29, 1.82) is 0 Å². The van der Waals surface area contributed by atoms with Crippen LogP contribution >= 0.6 is 11.8 Å². The Morgan fingerprint density at radius 2 is 1.78 bits per heavy atom. The Morgan fingerprint density at radius 1 is 0.969 bits per heavy atom. The molecule has 0 aliphatic rings. The van der Waals surface area contributed by atoms with E-state index in [-0.39, 0.29) is 11.7 Å². The molecule has 0 saturated carbocycles. The van der Waals surface area contributed by atoms with Gasteiger partial charge in [0.1, 0.15) is 12.1 Å². The number of aromatic amines is 1. The van der Waals surface area contributed by atoms with E-state index in [4.69, 9.17) is 4.42 Å². The van der Waals surface area contributed by atoms with Crippen LogP contribution in [0.15, 0.2) is 99.3 Å². The van der Waals surface area contributed by atoms with Crippen molar-refractivity contribution in [2.45, 2.75) is 11.7 Å². The van der Waals surface area contributed by atoms with Gasteiger partial charge in [0, 0.05) is 17.1 Å². The van der Waals surface area contributed by atoms with Gasteiger partial charge in [-0.15, -0.1) is 0 Å². The highest BCUT2D eigenvalue weighted by atomic mass is 32.2. The second-order valence-electron chi connectivity index (χ2n) is 7.36. The van der Waals surface area contributed by atoms with Gasteiger partial charge in [-0.05, 0) is 53.7 Å². The molecule has 0 saturated heterocycles. The maximum Gasteiger partial charge on any atom is 0.336 e. The molecule has 0 aliphatic carbocycles. The van der Waals surface area contributed by atoms with E-state index in [1.165, 1.54) is 23.4 Å². The van der Waals surface area contributed by atoms with E-state index in [0.29, 0.717) is 17.8 Å². The van der Waals surface area contributed by atoms with Crippen molar-refractivity contribution >= 4 is 45.4 Å². The average Bonchev–Trinajstić information content (AvgIpc) is 3.16. The molecule has 2 N–H and O–H groups in total. The molecule has 6 nitrogen and oxygen atoms in total. The molecule has 2 heterocycles. The molecule has 3 aromatic carbocycles. The zero-order chi connectivity index (χ0) is 21.9. The summed E-state index contributed by atoms with van der Waals surface area (Å²) < 4.78 is 7.33. The average molecular weight is 443 g/mol. The molecule has 5 aromatic rings. The van der Waals surface area contributed by atoms with E-state index in [1.807, 2.05) is 36.4 Å². The van der Waals surface area contributed by atoms with Crippen LogP contribution < -0.4 is 15.5 Å². The number of benzene rings is 3. The number of carbonyl (C=O) groups excluding carboxylic acids is 1. The van der Waals surface area contributed by atoms with Crippen molar-refractivity contribution in [3.8, 4) is 0 Å². The molecular weight excluding hydrogens is 422 g/mol. The third-order valence-electron chi connectivity index (χ3n) is 5.11. The fraction of sp³-hybridized carbons (Fsp3) is 0.0800. The van der Waals surface area contributed by atoms with E-state index in [2.05, 4.69) is 33.1 Å². The van der Waals surface area contributed by atoms with E-state index in [0.717, 1.165) is 21.6 Å². The third kappa shape index (κ3) is 4.29. The zero-order valence-corrected chi connectivity index (χ0v) is 17.9. The molecule has 0 radical (unpaired) electrons. The van der Waals surface area contributed by atoms with Crippen LogP contribution in [0.25, 0.3) is 22.0 Å². The predicted octanol–water partition coefficient (Wildman–Crippen LogP) is 4.34. The van der Waals surface area contributed by atoms with Crippen LogP contribution in [0.4, 0.5) is 5.69 Å². The SMILES string of the molecule is O=C(CSc1[nH]c2ccccc2[n+]1Cc1ccccc1)Nc1ccc2oc(=O)ccc2c1. The number of aromatic nitrogens is 2. The van der Waals surface area contributed by atoms with Crippen molar-refractivity contribution in [3.63, 3.8) is 0 Å². The highest BCUT2D eigenvalue weighted by Crippen LogP contribution is 2.21. The smallest absolute Gasteiger partial charge is 0.336 e. The molecule has 0 atom stereocenters. The third-order valence-corrected chi connectivity index (χ3v) is 6.11. The highest BCUT2D eigenvalue weighted by molar-refractivity contribution is 7.99. The summed E-state index contributed by atoms with van der Waals surface area (Å²) in [6.07, 6.45) is 0. The highest BCUT2D eigenvalue weighted by Gasteiger charge is 2.20. The number of anilines is 1. The van der Waals surface area contributed by atoms with E-state index >= 15 is 0 Å². The van der Waals surface area contributed by atoms with Gasteiger partial charge < -0.3 is 9.73 Å². The van der Waals surface area contributed by atoms with Gasteiger partial charge in [0.05, 0.1) is 5.75 Å². The minimum Gasteiger partial charge on any atom is -0.423 e. The molecule has 158 valence electrons. The molecule has 5 rings (SSSR count). The normalized spacial score (nSPS) is 11.1. The van der Waals surface area contributed by atoms with Crippen LogP contribution in [-0.2, 0) is 11.3 Å². The predicted molar refractivity (Wildman–Crippen MR) is 126 cm³/mol. The Labute approximate surface area is 187 Å². The van der Waals surface area contributed by atoms with Gasteiger partial charge in [0.2, 0.25) is 5.91 Å². The number of rotatable bonds is 6. The van der Waals surface area contributed by atoms with Gasteiger partial charge in [-0.25, -0.2) is 14.3 Å². The Hall–Kier alpha value is -3.84. The fourth-order valence-electron chi connectivity index (χ4n) is 3.62. The molecule has 0 unspecified atom stereocenters. The van der Waals surface area contributed by atoms with Crippen LogP contribution in [0, 0.1) is 0 Å². The summed E-state index contributed by atoms with van der Waals surface area (Å²) in [5, 5.41) is 4.60. The van der Waals surface area contributed by atoms with Crippen LogP contribution in [0.2, 0.25) is 0 Å². The topological polar surface area (TPSA) is 79.0 Å². The largest absolute Gasteiger partial charge is 0.423 e. The van der Waals surface area contributed by atoms with E-state index < -0.39 is 5.63 Å². The summed E-state index contributed by atoms with van der Waals surface area (Å²) in [4.78, 5) is 27.4. The number of H-pyrrole nitrogens is 1. The molecule has 1 amide bonds. The van der Waals surface area contributed by atoms with Crippen molar-refractivity contribution < 1.29 is 13.8 Å². The molecule has 0 aliphatic heterocycles. The first kappa shape index (κ1) is 20.1. The van der Waals surface area contributed by atoms with Crippen LogP contribution in [0.1, 0.15) is 5.56 Å². The lowest BCUT2D eigenvalue weighted by molar-refractivity contribution is -0.700. The number of imidazole rings is 1. The molecule has 0 bridgehead atoms. The molecular formula is C25H20N3O3S+. The quantitative estimate of drug-likeness (QED) is 0.233. The zero-order valence-electron chi connectivity index (χ0n) is 17.1. The second-order valence-corrected chi connectivity index (χ2v) is 8.33. The molecule has 7 heteroatoms. The summed E-state index contributed by atoms with van der Waals surface area (Å²) >= 11 is 1.46. The Bertz CT molecular complexity index is 1470. The maximum atomic E-state index is 12.6. The van der Waals surface area contributed by atoms with Gasteiger partial charge in [0.25, 0.3) is 0 Å². The number of fused-ring (bicyclic) bond motifs is 2. The lowest BCUT2D eigenvalue weighted by Gasteiger charge is -2.06. The van der Waals surface area contributed by atoms with Crippen molar-refractivity contribution in [2.24, 2.45) is 0 Å². The summed E-state index contributed by atoms with van der Waals surface area (Å²) in [7, 11) is 0. The number of thioether (sulfide) groups is 1. The molecule has 0 spiro atoms. The molecule has 2 aromatic heterocycles. The lowest BCUT2D eigenvalue weighted by Crippen LogP contribution is -2.35. The van der Waals surface area contributed by atoms with Gasteiger partial charge in [-0.2, -0.15) is 0 Å². The molecule has 0 fully saturated rings. The number of amides is 1.